The summed E-state index contributed by atoms with van der Waals surface area (Å²) in [5.74, 6) is -0.314. The zero-order chi connectivity index (χ0) is 26.9. The summed E-state index contributed by atoms with van der Waals surface area (Å²) in [5, 5.41) is 10.3. The van der Waals surface area contributed by atoms with Crippen molar-refractivity contribution in [2.45, 2.75) is 54.1 Å². The number of fused-ring (bicyclic) bond motifs is 3. The van der Waals surface area contributed by atoms with E-state index in [9.17, 15) is 19.2 Å². The lowest BCUT2D eigenvalue weighted by molar-refractivity contribution is -0.117. The molecule has 0 unspecified atom stereocenters. The molecule has 4 aromatic rings. The summed E-state index contributed by atoms with van der Waals surface area (Å²) < 4.78 is 3.78. The molecule has 0 saturated heterocycles. The Morgan fingerprint density at radius 3 is 2.49 bits per heavy atom. The molecular weight excluding hydrogens is 472 g/mol. The molecule has 0 spiro atoms. The van der Waals surface area contributed by atoms with Crippen LogP contribution in [0.2, 0.25) is 0 Å². The molecule has 194 valence electrons. The zero-order valence-electron chi connectivity index (χ0n) is 21.8. The van der Waals surface area contributed by atoms with E-state index in [4.69, 9.17) is 0 Å². The number of rotatable bonds is 8. The van der Waals surface area contributed by atoms with Crippen LogP contribution in [0.3, 0.4) is 0 Å². The Balaban J connectivity index is 1.80. The number of benzene rings is 2. The van der Waals surface area contributed by atoms with Crippen LogP contribution in [0.25, 0.3) is 16.7 Å². The summed E-state index contributed by atoms with van der Waals surface area (Å²) in [6.07, 6.45) is 0.644. The minimum absolute atomic E-state index is 0.128. The normalized spacial score (nSPS) is 11.4. The Labute approximate surface area is 213 Å². The van der Waals surface area contributed by atoms with E-state index in [1.54, 1.807) is 12.1 Å². The summed E-state index contributed by atoms with van der Waals surface area (Å²) >= 11 is 0. The van der Waals surface area contributed by atoms with Crippen LogP contribution in [0.4, 0.5) is 5.69 Å². The zero-order valence-corrected chi connectivity index (χ0v) is 21.8. The van der Waals surface area contributed by atoms with E-state index < -0.39 is 11.6 Å². The highest BCUT2D eigenvalue weighted by atomic mass is 16.2. The molecule has 0 aliphatic heterocycles. The van der Waals surface area contributed by atoms with Gasteiger partial charge in [0.15, 0.2) is 0 Å². The first-order valence-corrected chi connectivity index (χ1v) is 12.4. The van der Waals surface area contributed by atoms with Crippen molar-refractivity contribution in [2.75, 3.05) is 11.9 Å². The van der Waals surface area contributed by atoms with Gasteiger partial charge in [0.25, 0.3) is 11.5 Å². The molecule has 37 heavy (non-hydrogen) atoms. The number of carbonyl (C=O) groups is 2. The van der Waals surface area contributed by atoms with Gasteiger partial charge in [0.05, 0.1) is 10.9 Å². The molecule has 10 nitrogen and oxygen atoms in total. The molecule has 0 radical (unpaired) electrons. The van der Waals surface area contributed by atoms with E-state index in [2.05, 4.69) is 15.7 Å². The first-order valence-electron chi connectivity index (χ1n) is 12.4. The molecular formula is C27H32N6O4. The number of nitrogens with zero attached hydrogens (tertiary/aromatic N) is 4. The second-order valence-corrected chi connectivity index (χ2v) is 9.73. The van der Waals surface area contributed by atoms with Crippen LogP contribution in [-0.4, -0.2) is 37.1 Å². The van der Waals surface area contributed by atoms with E-state index in [1.807, 2.05) is 52.8 Å². The van der Waals surface area contributed by atoms with Crippen molar-refractivity contribution in [3.63, 3.8) is 0 Å². The van der Waals surface area contributed by atoms with E-state index in [0.717, 1.165) is 15.8 Å². The maximum Gasteiger partial charge on any atom is 0.352 e. The van der Waals surface area contributed by atoms with Crippen LogP contribution in [0.15, 0.2) is 46.0 Å². The van der Waals surface area contributed by atoms with Crippen molar-refractivity contribution in [3.8, 4) is 0 Å². The third-order valence-corrected chi connectivity index (χ3v) is 6.11. The third-order valence-electron chi connectivity index (χ3n) is 6.11. The predicted molar refractivity (Wildman–Crippen MR) is 143 cm³/mol. The topological polar surface area (TPSA) is 120 Å². The fourth-order valence-corrected chi connectivity index (χ4v) is 4.26. The molecule has 4 rings (SSSR count). The average molecular weight is 505 g/mol. The van der Waals surface area contributed by atoms with Gasteiger partial charge < -0.3 is 10.6 Å². The molecule has 2 amide bonds. The average Bonchev–Trinajstić information content (AvgIpc) is 3.17. The molecule has 0 fully saturated rings. The van der Waals surface area contributed by atoms with Crippen molar-refractivity contribution < 1.29 is 9.59 Å². The van der Waals surface area contributed by atoms with Gasteiger partial charge in [0.1, 0.15) is 6.54 Å². The van der Waals surface area contributed by atoms with Gasteiger partial charge in [-0.05, 0) is 56.0 Å². The molecule has 10 heteroatoms. The van der Waals surface area contributed by atoms with Crippen molar-refractivity contribution in [1.29, 1.82) is 0 Å². The van der Waals surface area contributed by atoms with Crippen LogP contribution >= 0.6 is 0 Å². The second-order valence-electron chi connectivity index (χ2n) is 9.73. The van der Waals surface area contributed by atoms with E-state index in [-0.39, 0.29) is 35.2 Å². The van der Waals surface area contributed by atoms with Crippen LogP contribution in [0, 0.1) is 19.8 Å². The monoisotopic (exact) mass is 504 g/mol. The second kappa shape index (κ2) is 10.4. The highest BCUT2D eigenvalue weighted by Crippen LogP contribution is 2.17. The number of aryl methyl sites for hydroxylation is 3. The molecule has 0 aliphatic carbocycles. The minimum atomic E-state index is -0.569. The number of hydrogen-bond acceptors (Lipinski definition) is 5. The van der Waals surface area contributed by atoms with Crippen LogP contribution in [0.5, 0.6) is 0 Å². The first kappa shape index (κ1) is 25.9. The number of aromatic nitrogens is 4. The maximum absolute atomic E-state index is 13.5. The summed E-state index contributed by atoms with van der Waals surface area (Å²) in [5.41, 5.74) is 2.35. The first-order chi connectivity index (χ1) is 17.6. The molecule has 0 bridgehead atoms. The lowest BCUT2D eigenvalue weighted by Crippen LogP contribution is -2.30. The lowest BCUT2D eigenvalue weighted by Gasteiger charge is -2.11. The Morgan fingerprint density at radius 1 is 1.05 bits per heavy atom. The van der Waals surface area contributed by atoms with Gasteiger partial charge in [-0.2, -0.15) is 0 Å². The maximum atomic E-state index is 13.5. The molecule has 0 aliphatic rings. The van der Waals surface area contributed by atoms with Gasteiger partial charge >= 0.3 is 5.69 Å². The standard InChI is InChI=1S/C27H32N6O4/c1-6-11-31-25(36)20-9-8-19(24(35)28-14-16(2)3)13-22(20)33-26(31)30-32(27(33)37)15-23(34)29-21-10-7-17(4)12-18(21)5/h7-10,12-13,16H,6,11,14-15H2,1-5H3,(H,28,35)(H,29,34). The van der Waals surface area contributed by atoms with E-state index in [0.29, 0.717) is 36.1 Å². The van der Waals surface area contributed by atoms with Gasteiger partial charge in [-0.25, -0.2) is 13.9 Å². The molecule has 2 N–H and O–H groups in total. The lowest BCUT2D eigenvalue weighted by atomic mass is 10.1. The number of hydrogen-bond donors (Lipinski definition) is 2. The van der Waals surface area contributed by atoms with E-state index >= 15 is 0 Å². The van der Waals surface area contributed by atoms with Gasteiger partial charge in [-0.1, -0.05) is 38.5 Å². The number of nitrogens with one attached hydrogen (secondary N) is 2. The predicted octanol–water partition coefficient (Wildman–Crippen LogP) is 2.86. The largest absolute Gasteiger partial charge is 0.352 e. The van der Waals surface area contributed by atoms with E-state index in [1.165, 1.54) is 15.0 Å². The SMILES string of the molecule is CCCn1c(=O)c2ccc(C(=O)NCC(C)C)cc2n2c(=O)n(CC(=O)Nc3ccc(C)cc3C)nc12. The highest BCUT2D eigenvalue weighted by molar-refractivity contribution is 5.98. The smallest absolute Gasteiger partial charge is 0.352 e. The van der Waals surface area contributed by atoms with Gasteiger partial charge in [0, 0.05) is 24.3 Å². The minimum Gasteiger partial charge on any atom is -0.352 e. The highest BCUT2D eigenvalue weighted by Gasteiger charge is 2.20. The molecule has 0 saturated carbocycles. The van der Waals surface area contributed by atoms with Crippen LogP contribution in [-0.2, 0) is 17.9 Å². The Kier molecular flexibility index (Phi) is 7.28. The van der Waals surface area contributed by atoms with Crippen LogP contribution in [0.1, 0.15) is 48.7 Å². The number of carbonyl (C=O) groups excluding carboxylic acids is 2. The molecule has 0 atom stereocenters. The summed E-state index contributed by atoms with van der Waals surface area (Å²) in [4.78, 5) is 52.3. The van der Waals surface area contributed by atoms with Gasteiger partial charge in [0.2, 0.25) is 11.7 Å². The molecule has 2 heterocycles. The van der Waals surface area contributed by atoms with Gasteiger partial charge in [-0.15, -0.1) is 5.10 Å². The van der Waals surface area contributed by atoms with Crippen molar-refractivity contribution in [2.24, 2.45) is 5.92 Å². The Bertz CT molecular complexity index is 1630. The Morgan fingerprint density at radius 2 is 1.81 bits per heavy atom. The van der Waals surface area contributed by atoms with Crippen molar-refractivity contribution >= 4 is 34.2 Å². The summed E-state index contributed by atoms with van der Waals surface area (Å²) in [6.45, 7) is 10.3. The van der Waals surface area contributed by atoms with Gasteiger partial charge in [-0.3, -0.25) is 19.0 Å². The van der Waals surface area contributed by atoms with Crippen LogP contribution < -0.4 is 21.9 Å². The summed E-state index contributed by atoms with van der Waals surface area (Å²) in [6, 6.07) is 10.3. The molecule has 2 aromatic heterocycles. The molecule has 2 aromatic carbocycles. The Hall–Kier alpha value is -4.21. The van der Waals surface area contributed by atoms with Crippen molar-refractivity contribution in [1.82, 2.24) is 24.1 Å². The quantitative estimate of drug-likeness (QED) is 0.382. The summed E-state index contributed by atoms with van der Waals surface area (Å²) in [7, 11) is 0. The third kappa shape index (κ3) is 5.18. The fraction of sp³-hybridized carbons (Fsp3) is 0.370. The number of anilines is 1. The van der Waals surface area contributed by atoms with Crippen molar-refractivity contribution in [3.05, 3.63) is 73.9 Å². The fourth-order valence-electron chi connectivity index (χ4n) is 4.26. The number of amides is 2.